The van der Waals surface area contributed by atoms with Crippen LogP contribution >= 0.6 is 11.6 Å². The number of carbonyl (C=O) groups is 1. The maximum Gasteiger partial charge on any atom is 0.353 e. The summed E-state index contributed by atoms with van der Waals surface area (Å²) in [5.74, 6) is -0.228. The van der Waals surface area contributed by atoms with Crippen molar-refractivity contribution in [3.8, 4) is 0 Å². The number of benzene rings is 2. The van der Waals surface area contributed by atoms with E-state index in [1.54, 1.807) is 24.3 Å². The van der Waals surface area contributed by atoms with Gasteiger partial charge in [0.05, 0.1) is 30.0 Å². The van der Waals surface area contributed by atoms with E-state index in [9.17, 15) is 14.9 Å². The zero-order valence-corrected chi connectivity index (χ0v) is 16.3. The van der Waals surface area contributed by atoms with Gasteiger partial charge in [-0.15, -0.1) is 0 Å². The molecule has 0 aliphatic carbocycles. The number of hydrazone groups is 1. The maximum atomic E-state index is 11.5. The Morgan fingerprint density at radius 2 is 2.03 bits per heavy atom. The van der Waals surface area contributed by atoms with Crippen molar-refractivity contribution in [3.05, 3.63) is 68.7 Å². The quantitative estimate of drug-likeness (QED) is 0.357. The monoisotopic (exact) mass is 413 g/mol. The Morgan fingerprint density at radius 3 is 2.72 bits per heavy atom. The third-order valence-corrected chi connectivity index (χ3v) is 4.38. The van der Waals surface area contributed by atoms with Crippen LogP contribution in [-0.2, 0) is 9.53 Å². The minimum atomic E-state index is -0.581. The highest BCUT2D eigenvalue weighted by Gasteiger charge is 2.21. The van der Waals surface area contributed by atoms with Gasteiger partial charge in [0.1, 0.15) is 11.5 Å². The van der Waals surface area contributed by atoms with Gasteiger partial charge >= 0.3 is 5.97 Å². The van der Waals surface area contributed by atoms with Gasteiger partial charge in [0.2, 0.25) is 0 Å². The Morgan fingerprint density at radius 1 is 1.28 bits per heavy atom. The molecule has 0 aromatic heterocycles. The predicted octanol–water partition coefficient (Wildman–Crippen LogP) is 3.27. The second kappa shape index (κ2) is 8.61. The fraction of sp³-hybridized carbons (Fsp3) is 0.158. The van der Waals surface area contributed by atoms with Crippen LogP contribution in [0.3, 0.4) is 0 Å². The summed E-state index contributed by atoms with van der Waals surface area (Å²) in [4.78, 5) is 31.3. The molecule has 1 heterocycles. The van der Waals surface area contributed by atoms with E-state index in [1.807, 2.05) is 0 Å². The summed E-state index contributed by atoms with van der Waals surface area (Å²) in [6.07, 6.45) is 0. The predicted molar refractivity (Wildman–Crippen MR) is 110 cm³/mol. The first-order valence-corrected chi connectivity index (χ1v) is 8.83. The Balaban J connectivity index is 2.08. The van der Waals surface area contributed by atoms with Crippen LogP contribution in [-0.4, -0.2) is 41.8 Å². The third-order valence-electron chi connectivity index (χ3n) is 4.05. The molecule has 2 aromatic rings. The van der Waals surface area contributed by atoms with Crippen LogP contribution in [0.15, 0.2) is 57.6 Å². The maximum absolute atomic E-state index is 11.5. The van der Waals surface area contributed by atoms with Crippen molar-refractivity contribution < 1.29 is 14.5 Å². The number of nitrogens with zero attached hydrogens (tertiary/aromatic N) is 4. The van der Waals surface area contributed by atoms with Gasteiger partial charge in [-0.3, -0.25) is 20.5 Å². The van der Waals surface area contributed by atoms with Crippen LogP contribution < -0.4 is 5.43 Å². The van der Waals surface area contributed by atoms with Crippen molar-refractivity contribution in [2.75, 3.05) is 13.7 Å². The summed E-state index contributed by atoms with van der Waals surface area (Å²) in [5, 5.41) is 15.7. The number of aliphatic imine (C=N–C) groups is 2. The molecule has 0 atom stereocenters. The number of rotatable bonds is 4. The molecule has 0 spiro atoms. The first kappa shape index (κ1) is 20.2. The van der Waals surface area contributed by atoms with E-state index in [1.165, 1.54) is 32.2 Å². The molecule has 0 saturated carbocycles. The molecular formula is C19H16ClN5O4. The SMILES string of the molecule is COC(=O)C(C)=NNC1=Nc2ccc([N+](=O)[O-])cc2C(c2ccccc2Cl)=NC1. The van der Waals surface area contributed by atoms with Gasteiger partial charge in [0.25, 0.3) is 5.69 Å². The van der Waals surface area contributed by atoms with E-state index >= 15 is 0 Å². The number of non-ortho nitro benzene ring substituents is 1. The van der Waals surface area contributed by atoms with E-state index in [0.29, 0.717) is 33.4 Å². The van der Waals surface area contributed by atoms with Crippen LogP contribution in [0.5, 0.6) is 0 Å². The molecule has 0 bridgehead atoms. The summed E-state index contributed by atoms with van der Waals surface area (Å²) in [6, 6.07) is 11.4. The topological polar surface area (TPSA) is 119 Å². The lowest BCUT2D eigenvalue weighted by atomic mass is 10.00. The summed E-state index contributed by atoms with van der Waals surface area (Å²) in [7, 11) is 1.26. The number of nitro benzene ring substituents is 1. The summed E-state index contributed by atoms with van der Waals surface area (Å²) in [5.41, 5.74) is 4.76. The van der Waals surface area contributed by atoms with Crippen molar-refractivity contribution in [1.29, 1.82) is 0 Å². The van der Waals surface area contributed by atoms with Gasteiger partial charge in [-0.25, -0.2) is 9.79 Å². The average Bonchev–Trinajstić information content (AvgIpc) is 2.90. The molecule has 0 unspecified atom stereocenters. The Labute approximate surface area is 170 Å². The molecule has 0 radical (unpaired) electrons. The molecule has 1 aliphatic rings. The Hall–Kier alpha value is -3.59. The number of hydrogen-bond acceptors (Lipinski definition) is 8. The highest BCUT2D eigenvalue weighted by molar-refractivity contribution is 6.36. The summed E-state index contributed by atoms with van der Waals surface area (Å²) < 4.78 is 4.60. The number of carbonyl (C=O) groups excluding carboxylic acids is 1. The smallest absolute Gasteiger partial charge is 0.353 e. The van der Waals surface area contributed by atoms with E-state index in [-0.39, 0.29) is 17.9 Å². The molecule has 2 aromatic carbocycles. The molecule has 148 valence electrons. The van der Waals surface area contributed by atoms with Crippen molar-refractivity contribution >= 4 is 46.2 Å². The molecule has 9 nitrogen and oxygen atoms in total. The minimum absolute atomic E-state index is 0.0883. The molecule has 29 heavy (non-hydrogen) atoms. The van der Waals surface area contributed by atoms with E-state index < -0.39 is 10.9 Å². The Kier molecular flexibility index (Phi) is 5.99. The van der Waals surface area contributed by atoms with Crippen LogP contribution in [0.25, 0.3) is 0 Å². The van der Waals surface area contributed by atoms with Crippen LogP contribution in [0.2, 0.25) is 5.02 Å². The molecule has 0 amide bonds. The number of methoxy groups -OCH3 is 1. The summed E-state index contributed by atoms with van der Waals surface area (Å²) >= 11 is 6.33. The van der Waals surface area contributed by atoms with Gasteiger partial charge in [0.15, 0.2) is 0 Å². The van der Waals surface area contributed by atoms with Gasteiger partial charge < -0.3 is 4.74 Å². The van der Waals surface area contributed by atoms with Gasteiger partial charge in [-0.05, 0) is 19.1 Å². The van der Waals surface area contributed by atoms with Crippen molar-refractivity contribution in [2.45, 2.75) is 6.92 Å². The number of fused-ring (bicyclic) bond motifs is 1. The number of hydrogen-bond donors (Lipinski definition) is 1. The van der Waals surface area contributed by atoms with E-state index in [0.717, 1.165) is 0 Å². The lowest BCUT2D eigenvalue weighted by Gasteiger charge is -2.09. The molecule has 1 aliphatic heterocycles. The summed E-state index contributed by atoms with van der Waals surface area (Å²) in [6.45, 7) is 1.59. The first-order valence-electron chi connectivity index (χ1n) is 8.45. The minimum Gasteiger partial charge on any atom is -0.464 e. The van der Waals surface area contributed by atoms with E-state index in [2.05, 4.69) is 25.2 Å². The Bertz CT molecular complexity index is 1080. The molecule has 0 saturated heterocycles. The molecule has 3 rings (SSSR count). The van der Waals surface area contributed by atoms with Crippen LogP contribution in [0, 0.1) is 10.1 Å². The zero-order chi connectivity index (χ0) is 21.0. The van der Waals surface area contributed by atoms with Crippen LogP contribution in [0.4, 0.5) is 11.4 Å². The highest BCUT2D eigenvalue weighted by Crippen LogP contribution is 2.31. The second-order valence-electron chi connectivity index (χ2n) is 5.96. The average molecular weight is 414 g/mol. The first-order chi connectivity index (χ1) is 13.9. The highest BCUT2D eigenvalue weighted by atomic mass is 35.5. The second-order valence-corrected chi connectivity index (χ2v) is 6.37. The number of halogens is 1. The third kappa shape index (κ3) is 4.46. The number of esters is 1. The van der Waals surface area contributed by atoms with Gasteiger partial charge in [-0.1, -0.05) is 29.8 Å². The number of ether oxygens (including phenoxy) is 1. The standard InChI is InChI=1S/C19H16ClN5O4/c1-11(19(26)29-2)23-24-17-10-21-18(13-5-3-4-6-15(13)20)14-9-12(25(27)28)7-8-16(14)22-17/h3-9H,10H2,1-2H3,(H,22,24). The lowest BCUT2D eigenvalue weighted by Crippen LogP contribution is -2.24. The molecule has 1 N–H and O–H groups in total. The fourth-order valence-electron chi connectivity index (χ4n) is 2.63. The van der Waals surface area contributed by atoms with Crippen LogP contribution in [0.1, 0.15) is 18.1 Å². The van der Waals surface area contributed by atoms with Crippen molar-refractivity contribution in [1.82, 2.24) is 5.43 Å². The van der Waals surface area contributed by atoms with E-state index in [4.69, 9.17) is 11.6 Å². The van der Waals surface area contributed by atoms with Crippen molar-refractivity contribution in [2.24, 2.45) is 15.1 Å². The number of amidine groups is 1. The van der Waals surface area contributed by atoms with Crippen molar-refractivity contribution in [3.63, 3.8) is 0 Å². The lowest BCUT2D eigenvalue weighted by molar-refractivity contribution is -0.384. The number of nitro groups is 1. The molecule has 10 heteroatoms. The zero-order valence-electron chi connectivity index (χ0n) is 15.5. The molecule has 0 fully saturated rings. The molecular weight excluding hydrogens is 398 g/mol. The van der Waals surface area contributed by atoms with Gasteiger partial charge in [0, 0.05) is 28.3 Å². The normalized spacial score (nSPS) is 13.6. The fourth-order valence-corrected chi connectivity index (χ4v) is 2.86. The largest absolute Gasteiger partial charge is 0.464 e. The van der Waals surface area contributed by atoms with Gasteiger partial charge in [-0.2, -0.15) is 5.10 Å². The number of nitrogens with one attached hydrogen (secondary N) is 1.